The number of nitrogens with zero attached hydrogens (tertiary/aromatic N) is 1. The zero-order valence-electron chi connectivity index (χ0n) is 19.4. The molecule has 3 aromatic carbocycles. The van der Waals surface area contributed by atoms with Gasteiger partial charge < -0.3 is 15.0 Å². The van der Waals surface area contributed by atoms with Gasteiger partial charge in [-0.25, -0.2) is 0 Å². The second-order valence-corrected chi connectivity index (χ2v) is 8.03. The van der Waals surface area contributed by atoms with E-state index in [0.29, 0.717) is 25.9 Å². The molecule has 33 heavy (non-hydrogen) atoms. The maximum atomic E-state index is 13.5. The van der Waals surface area contributed by atoms with Gasteiger partial charge in [-0.2, -0.15) is 0 Å². The van der Waals surface area contributed by atoms with E-state index in [9.17, 15) is 9.59 Å². The summed E-state index contributed by atoms with van der Waals surface area (Å²) < 4.78 is 5.21. The molecular weight excluding hydrogens is 412 g/mol. The highest BCUT2D eigenvalue weighted by molar-refractivity contribution is 5.88. The van der Waals surface area contributed by atoms with Crippen LogP contribution < -0.4 is 10.1 Å². The van der Waals surface area contributed by atoms with Crippen molar-refractivity contribution in [1.82, 2.24) is 10.2 Å². The number of ether oxygens (including phenoxy) is 1. The Kier molecular flexibility index (Phi) is 9.07. The number of methoxy groups -OCH3 is 1. The zero-order chi connectivity index (χ0) is 23.5. The number of carbonyl (C=O) groups is 2. The second-order valence-electron chi connectivity index (χ2n) is 8.03. The molecule has 3 rings (SSSR count). The summed E-state index contributed by atoms with van der Waals surface area (Å²) >= 11 is 0. The van der Waals surface area contributed by atoms with Crippen LogP contribution in [0.3, 0.4) is 0 Å². The number of rotatable bonds is 11. The molecular formula is C28H32N2O3. The Morgan fingerprint density at radius 1 is 0.848 bits per heavy atom. The normalized spacial score (nSPS) is 11.5. The van der Waals surface area contributed by atoms with Crippen molar-refractivity contribution in [2.75, 3.05) is 7.11 Å². The second kappa shape index (κ2) is 12.4. The van der Waals surface area contributed by atoms with Crippen LogP contribution >= 0.6 is 0 Å². The van der Waals surface area contributed by atoms with Crippen LogP contribution in [-0.4, -0.2) is 29.9 Å². The first-order valence-electron chi connectivity index (χ1n) is 11.4. The molecule has 5 heteroatoms. The molecule has 2 amide bonds. The highest BCUT2D eigenvalue weighted by Gasteiger charge is 2.29. The van der Waals surface area contributed by atoms with E-state index in [1.54, 1.807) is 12.0 Å². The number of nitrogens with one attached hydrogen (secondary N) is 1. The van der Waals surface area contributed by atoms with Gasteiger partial charge in [0, 0.05) is 25.9 Å². The summed E-state index contributed by atoms with van der Waals surface area (Å²) in [6, 6.07) is 26.7. The number of carbonyl (C=O) groups excluding carboxylic acids is 2. The molecule has 0 saturated carbocycles. The molecule has 0 saturated heterocycles. The highest BCUT2D eigenvalue weighted by Crippen LogP contribution is 2.17. The fraction of sp³-hybridized carbons (Fsp3) is 0.286. The van der Waals surface area contributed by atoms with E-state index in [0.717, 1.165) is 28.9 Å². The molecule has 0 spiro atoms. The van der Waals surface area contributed by atoms with Gasteiger partial charge in [0.25, 0.3) is 0 Å². The van der Waals surface area contributed by atoms with E-state index in [2.05, 4.69) is 5.32 Å². The molecule has 0 aliphatic carbocycles. The summed E-state index contributed by atoms with van der Waals surface area (Å²) in [6.07, 6.45) is 1.59. The molecule has 0 bridgehead atoms. The van der Waals surface area contributed by atoms with Crippen molar-refractivity contribution < 1.29 is 14.3 Å². The summed E-state index contributed by atoms with van der Waals surface area (Å²) in [5.74, 6) is 0.600. The molecule has 5 nitrogen and oxygen atoms in total. The van der Waals surface area contributed by atoms with Gasteiger partial charge in [-0.1, -0.05) is 79.7 Å². The number of hydrogen-bond acceptors (Lipinski definition) is 3. The van der Waals surface area contributed by atoms with Gasteiger partial charge in [-0.15, -0.1) is 0 Å². The molecule has 0 heterocycles. The molecule has 0 aliphatic rings. The lowest BCUT2D eigenvalue weighted by molar-refractivity contribution is -0.141. The Hall–Kier alpha value is -3.60. The average Bonchev–Trinajstić information content (AvgIpc) is 2.86. The quantitative estimate of drug-likeness (QED) is 0.464. The predicted molar refractivity (Wildman–Crippen MR) is 131 cm³/mol. The summed E-state index contributed by atoms with van der Waals surface area (Å²) in [7, 11) is 1.62. The number of amides is 2. The third-order valence-electron chi connectivity index (χ3n) is 5.56. The average molecular weight is 445 g/mol. The lowest BCUT2D eigenvalue weighted by Gasteiger charge is -2.31. The maximum absolute atomic E-state index is 13.5. The Labute approximate surface area is 196 Å². The van der Waals surface area contributed by atoms with Gasteiger partial charge in [-0.3, -0.25) is 9.59 Å². The Bertz CT molecular complexity index is 1000. The molecule has 0 aliphatic heterocycles. The van der Waals surface area contributed by atoms with Crippen molar-refractivity contribution >= 4 is 11.8 Å². The van der Waals surface area contributed by atoms with E-state index in [4.69, 9.17) is 4.74 Å². The minimum atomic E-state index is -0.607. The molecule has 1 atom stereocenters. The van der Waals surface area contributed by atoms with Crippen LogP contribution in [0.2, 0.25) is 0 Å². The minimum absolute atomic E-state index is 0.0121. The molecule has 1 N–H and O–H groups in total. The van der Waals surface area contributed by atoms with E-state index < -0.39 is 6.04 Å². The molecule has 3 aromatic rings. The van der Waals surface area contributed by atoms with Crippen LogP contribution in [0.1, 0.15) is 36.5 Å². The van der Waals surface area contributed by atoms with Crippen molar-refractivity contribution in [1.29, 1.82) is 0 Å². The molecule has 0 aromatic heterocycles. The molecule has 0 radical (unpaired) electrons. The van der Waals surface area contributed by atoms with Crippen molar-refractivity contribution in [2.24, 2.45) is 0 Å². The lowest BCUT2D eigenvalue weighted by atomic mass is 10.0. The summed E-state index contributed by atoms with van der Waals surface area (Å²) in [4.78, 5) is 28.3. The topological polar surface area (TPSA) is 58.6 Å². The highest BCUT2D eigenvalue weighted by atomic mass is 16.5. The molecule has 0 fully saturated rings. The van der Waals surface area contributed by atoms with E-state index >= 15 is 0 Å². The van der Waals surface area contributed by atoms with Crippen molar-refractivity contribution in [3.05, 3.63) is 102 Å². The fourth-order valence-electron chi connectivity index (χ4n) is 3.74. The maximum Gasteiger partial charge on any atom is 0.243 e. The minimum Gasteiger partial charge on any atom is -0.497 e. The summed E-state index contributed by atoms with van der Waals surface area (Å²) in [6.45, 7) is 2.76. The van der Waals surface area contributed by atoms with E-state index in [1.807, 2.05) is 91.9 Å². The number of hydrogen-bond donors (Lipinski definition) is 1. The first-order valence-corrected chi connectivity index (χ1v) is 11.4. The number of benzene rings is 3. The van der Waals surface area contributed by atoms with Crippen molar-refractivity contribution in [3.8, 4) is 5.75 Å². The van der Waals surface area contributed by atoms with Crippen LogP contribution in [0, 0.1) is 0 Å². The van der Waals surface area contributed by atoms with Crippen molar-refractivity contribution in [2.45, 2.75) is 45.3 Å². The monoisotopic (exact) mass is 444 g/mol. The van der Waals surface area contributed by atoms with Crippen LogP contribution in [0.4, 0.5) is 0 Å². The van der Waals surface area contributed by atoms with Gasteiger partial charge in [0.05, 0.1) is 7.11 Å². The van der Waals surface area contributed by atoms with Crippen molar-refractivity contribution in [3.63, 3.8) is 0 Å². The third-order valence-corrected chi connectivity index (χ3v) is 5.56. The third kappa shape index (κ3) is 7.21. The Morgan fingerprint density at radius 2 is 1.45 bits per heavy atom. The SMILES string of the molecule is CCCC(=O)N(Cc1ccccc1)C(Cc1ccccc1)C(=O)NCc1ccc(OC)cc1. The van der Waals surface area contributed by atoms with Crippen LogP contribution in [-0.2, 0) is 29.1 Å². The van der Waals surface area contributed by atoms with E-state index in [-0.39, 0.29) is 11.8 Å². The summed E-state index contributed by atoms with van der Waals surface area (Å²) in [5, 5.41) is 3.05. The first-order chi connectivity index (χ1) is 16.1. The van der Waals surface area contributed by atoms with Gasteiger partial charge >= 0.3 is 0 Å². The predicted octanol–water partition coefficient (Wildman–Crippen LogP) is 4.75. The fourth-order valence-corrected chi connectivity index (χ4v) is 3.74. The van der Waals surface area contributed by atoms with Gasteiger partial charge in [-0.05, 0) is 35.2 Å². The van der Waals surface area contributed by atoms with Crippen LogP contribution in [0.15, 0.2) is 84.9 Å². The van der Waals surface area contributed by atoms with E-state index in [1.165, 1.54) is 0 Å². The molecule has 172 valence electrons. The Morgan fingerprint density at radius 3 is 2.03 bits per heavy atom. The van der Waals surface area contributed by atoms with Gasteiger partial charge in [0.1, 0.15) is 11.8 Å². The van der Waals surface area contributed by atoms with Crippen LogP contribution in [0.5, 0.6) is 5.75 Å². The molecule has 1 unspecified atom stereocenters. The standard InChI is InChI=1S/C28H32N2O3/c1-3-10-27(31)30(21-24-13-8-5-9-14-24)26(19-22-11-6-4-7-12-22)28(32)29-20-23-15-17-25(33-2)18-16-23/h4-9,11-18,26H,3,10,19-21H2,1-2H3,(H,29,32). The summed E-state index contributed by atoms with van der Waals surface area (Å²) in [5.41, 5.74) is 2.99. The largest absolute Gasteiger partial charge is 0.497 e. The smallest absolute Gasteiger partial charge is 0.243 e. The Balaban J connectivity index is 1.84. The lowest BCUT2D eigenvalue weighted by Crippen LogP contribution is -2.50. The van der Waals surface area contributed by atoms with Gasteiger partial charge in [0.15, 0.2) is 0 Å². The zero-order valence-corrected chi connectivity index (χ0v) is 19.4. The van der Waals surface area contributed by atoms with Crippen LogP contribution in [0.25, 0.3) is 0 Å². The first kappa shape index (κ1) is 24.1. The van der Waals surface area contributed by atoms with Gasteiger partial charge in [0.2, 0.25) is 11.8 Å².